The summed E-state index contributed by atoms with van der Waals surface area (Å²) in [7, 11) is 1.42. The molecule has 20 heavy (non-hydrogen) atoms. The summed E-state index contributed by atoms with van der Waals surface area (Å²) in [5.41, 5.74) is 0. The molecule has 1 rings (SSSR count). The van der Waals surface area contributed by atoms with Crippen molar-refractivity contribution in [2.24, 2.45) is 0 Å². The Labute approximate surface area is 122 Å². The fourth-order valence-corrected chi connectivity index (χ4v) is 2.47. The van der Waals surface area contributed by atoms with Crippen molar-refractivity contribution in [1.82, 2.24) is 10.6 Å². The number of nitrogens with one attached hydrogen (secondary N) is 2. The van der Waals surface area contributed by atoms with Crippen molar-refractivity contribution in [3.8, 4) is 0 Å². The number of urea groups is 1. The average Bonchev–Trinajstić information content (AvgIpc) is 2.88. The van der Waals surface area contributed by atoms with Gasteiger partial charge in [0.15, 0.2) is 0 Å². The van der Waals surface area contributed by atoms with Gasteiger partial charge >= 0.3 is 12.0 Å². The number of thiophene rings is 1. The Kier molecular flexibility index (Phi) is 7.03. The Morgan fingerprint density at radius 2 is 2.05 bits per heavy atom. The summed E-state index contributed by atoms with van der Waals surface area (Å²) >= 11 is 1.67. The number of aryl methyl sites for hydroxylation is 1. The van der Waals surface area contributed by atoms with Gasteiger partial charge in [-0.1, -0.05) is 6.92 Å². The summed E-state index contributed by atoms with van der Waals surface area (Å²) < 4.78 is 4.97. The molecule has 1 aromatic heterocycles. The van der Waals surface area contributed by atoms with E-state index in [1.807, 2.05) is 12.1 Å². The van der Waals surface area contributed by atoms with E-state index in [1.54, 1.807) is 11.3 Å². The molecule has 3 N–H and O–H groups in total. The number of rotatable bonds is 8. The Bertz CT molecular complexity index is 447. The molecule has 0 spiro atoms. The van der Waals surface area contributed by atoms with Crippen molar-refractivity contribution in [3.63, 3.8) is 0 Å². The Balaban J connectivity index is 2.27. The van der Waals surface area contributed by atoms with Crippen molar-refractivity contribution in [2.45, 2.75) is 32.4 Å². The number of hydrogen-bond acceptors (Lipinski definition) is 4. The molecule has 1 unspecified atom stereocenters. The topological polar surface area (TPSA) is 87.7 Å². The molecular weight excluding hydrogens is 280 g/mol. The summed E-state index contributed by atoms with van der Waals surface area (Å²) in [6, 6.07) is 3.71. The summed E-state index contributed by atoms with van der Waals surface area (Å²) in [5, 5.41) is 14.0. The first-order chi connectivity index (χ1) is 9.55. The number of ether oxygens (including phenoxy) is 1. The third kappa shape index (κ3) is 6.03. The third-order valence-electron chi connectivity index (χ3n) is 2.71. The first-order valence-corrected chi connectivity index (χ1v) is 7.20. The van der Waals surface area contributed by atoms with Crippen LogP contribution >= 0.6 is 11.3 Å². The van der Waals surface area contributed by atoms with Crippen molar-refractivity contribution in [1.29, 1.82) is 0 Å². The van der Waals surface area contributed by atoms with Crippen LogP contribution in [0.25, 0.3) is 0 Å². The SMILES string of the molecule is CCc1ccc(CNC(=O)NCC(CC(=O)O)OC)s1. The maximum atomic E-state index is 11.6. The highest BCUT2D eigenvalue weighted by Crippen LogP contribution is 2.16. The van der Waals surface area contributed by atoms with E-state index in [-0.39, 0.29) is 19.0 Å². The summed E-state index contributed by atoms with van der Waals surface area (Å²) in [5.74, 6) is -0.954. The maximum absolute atomic E-state index is 11.6. The Morgan fingerprint density at radius 1 is 1.35 bits per heavy atom. The molecule has 0 aliphatic rings. The summed E-state index contributed by atoms with van der Waals surface area (Å²) in [4.78, 5) is 24.5. The van der Waals surface area contributed by atoms with Crippen molar-refractivity contribution in [2.75, 3.05) is 13.7 Å². The van der Waals surface area contributed by atoms with Gasteiger partial charge in [-0.15, -0.1) is 11.3 Å². The standard InChI is InChI=1S/C13H20N2O4S/c1-3-10-4-5-11(20-10)8-15-13(18)14-7-9(19-2)6-12(16)17/h4-5,9H,3,6-8H2,1-2H3,(H,16,17)(H2,14,15,18). The molecule has 0 fully saturated rings. The fraction of sp³-hybridized carbons (Fsp3) is 0.538. The van der Waals surface area contributed by atoms with Gasteiger partial charge in [-0.3, -0.25) is 4.79 Å². The van der Waals surface area contributed by atoms with Gasteiger partial charge in [0.2, 0.25) is 0 Å². The molecule has 1 atom stereocenters. The van der Waals surface area contributed by atoms with Crippen LogP contribution in [0.2, 0.25) is 0 Å². The van der Waals surface area contributed by atoms with E-state index < -0.39 is 12.1 Å². The molecule has 0 aromatic carbocycles. The van der Waals surface area contributed by atoms with Gasteiger partial charge < -0.3 is 20.5 Å². The molecule has 1 heterocycles. The number of carboxylic acid groups (broad SMARTS) is 1. The van der Waals surface area contributed by atoms with Gasteiger partial charge in [-0.25, -0.2) is 4.79 Å². The Morgan fingerprint density at radius 3 is 2.60 bits per heavy atom. The zero-order valence-corrected chi connectivity index (χ0v) is 12.5. The van der Waals surface area contributed by atoms with Crippen LogP contribution in [0.3, 0.4) is 0 Å². The molecule has 0 saturated heterocycles. The number of hydrogen-bond donors (Lipinski definition) is 3. The largest absolute Gasteiger partial charge is 0.481 e. The lowest BCUT2D eigenvalue weighted by Gasteiger charge is -2.14. The average molecular weight is 300 g/mol. The van der Waals surface area contributed by atoms with Gasteiger partial charge in [0.05, 0.1) is 19.1 Å². The minimum Gasteiger partial charge on any atom is -0.481 e. The zero-order valence-electron chi connectivity index (χ0n) is 11.6. The van der Waals surface area contributed by atoms with E-state index >= 15 is 0 Å². The normalized spacial score (nSPS) is 11.9. The lowest BCUT2D eigenvalue weighted by Crippen LogP contribution is -2.40. The number of aliphatic carboxylic acids is 1. The van der Waals surface area contributed by atoms with Gasteiger partial charge in [0, 0.05) is 23.4 Å². The Hall–Kier alpha value is -1.60. The highest BCUT2D eigenvalue weighted by molar-refractivity contribution is 7.11. The van der Waals surface area contributed by atoms with Crippen molar-refractivity contribution < 1.29 is 19.4 Å². The predicted molar refractivity (Wildman–Crippen MR) is 77.0 cm³/mol. The molecular formula is C13H20N2O4S. The van der Waals surface area contributed by atoms with Crippen LogP contribution < -0.4 is 10.6 Å². The van der Waals surface area contributed by atoms with Crippen LogP contribution in [0.5, 0.6) is 0 Å². The van der Waals surface area contributed by atoms with E-state index in [1.165, 1.54) is 12.0 Å². The first-order valence-electron chi connectivity index (χ1n) is 6.39. The monoisotopic (exact) mass is 300 g/mol. The summed E-state index contributed by atoms with van der Waals surface area (Å²) in [6.45, 7) is 2.72. The molecule has 112 valence electrons. The minimum absolute atomic E-state index is 0.137. The number of amides is 2. The molecule has 0 radical (unpaired) electrons. The highest BCUT2D eigenvalue weighted by Gasteiger charge is 2.13. The van der Waals surface area contributed by atoms with E-state index in [2.05, 4.69) is 17.6 Å². The van der Waals surface area contributed by atoms with Crippen LogP contribution in [0.4, 0.5) is 4.79 Å². The second-order valence-electron chi connectivity index (χ2n) is 4.24. The van der Waals surface area contributed by atoms with E-state index in [0.717, 1.165) is 11.3 Å². The smallest absolute Gasteiger partial charge is 0.315 e. The fourth-order valence-electron chi connectivity index (χ4n) is 1.58. The third-order valence-corrected chi connectivity index (χ3v) is 3.94. The molecule has 0 bridgehead atoms. The molecule has 0 aliphatic carbocycles. The summed E-state index contributed by atoms with van der Waals surface area (Å²) in [6.07, 6.45) is 0.329. The molecule has 0 saturated carbocycles. The van der Waals surface area contributed by atoms with Gasteiger partial charge in [0.1, 0.15) is 0 Å². The van der Waals surface area contributed by atoms with E-state index in [4.69, 9.17) is 9.84 Å². The van der Waals surface area contributed by atoms with Crippen LogP contribution in [-0.4, -0.2) is 36.9 Å². The molecule has 2 amide bonds. The second kappa shape index (κ2) is 8.55. The molecule has 1 aromatic rings. The van der Waals surface area contributed by atoms with E-state index in [9.17, 15) is 9.59 Å². The number of methoxy groups -OCH3 is 1. The highest BCUT2D eigenvalue weighted by atomic mass is 32.1. The number of carbonyl (C=O) groups excluding carboxylic acids is 1. The lowest BCUT2D eigenvalue weighted by atomic mass is 10.2. The van der Waals surface area contributed by atoms with Gasteiger partial charge in [0.25, 0.3) is 0 Å². The van der Waals surface area contributed by atoms with Gasteiger partial charge in [-0.2, -0.15) is 0 Å². The first kappa shape index (κ1) is 16.5. The molecule has 6 nitrogen and oxygen atoms in total. The number of carbonyl (C=O) groups is 2. The number of carboxylic acids is 1. The van der Waals surface area contributed by atoms with Crippen LogP contribution in [0.1, 0.15) is 23.1 Å². The second-order valence-corrected chi connectivity index (χ2v) is 5.49. The van der Waals surface area contributed by atoms with Crippen LogP contribution in [-0.2, 0) is 22.5 Å². The zero-order chi connectivity index (χ0) is 15.0. The molecule has 7 heteroatoms. The van der Waals surface area contributed by atoms with Crippen molar-refractivity contribution >= 4 is 23.3 Å². The predicted octanol–water partition coefficient (Wildman–Crippen LogP) is 1.60. The maximum Gasteiger partial charge on any atom is 0.315 e. The van der Waals surface area contributed by atoms with Gasteiger partial charge in [-0.05, 0) is 18.6 Å². The lowest BCUT2D eigenvalue weighted by molar-refractivity contribution is -0.139. The molecule has 0 aliphatic heterocycles. The minimum atomic E-state index is -0.954. The van der Waals surface area contributed by atoms with Crippen LogP contribution in [0, 0.1) is 0 Å². The van der Waals surface area contributed by atoms with Crippen molar-refractivity contribution in [3.05, 3.63) is 21.9 Å². The van der Waals surface area contributed by atoms with E-state index in [0.29, 0.717) is 6.54 Å². The van der Waals surface area contributed by atoms with Crippen LogP contribution in [0.15, 0.2) is 12.1 Å². The quantitative estimate of drug-likeness (QED) is 0.680.